The molecule has 1 aromatic rings. The van der Waals surface area contributed by atoms with Crippen molar-refractivity contribution in [3.8, 4) is 0 Å². The minimum absolute atomic E-state index is 0.110. The summed E-state index contributed by atoms with van der Waals surface area (Å²) < 4.78 is 27.8. The molecule has 19 heavy (non-hydrogen) atoms. The van der Waals surface area contributed by atoms with Gasteiger partial charge in [0.25, 0.3) is 0 Å². The molecule has 0 aromatic heterocycles. The lowest BCUT2D eigenvalue weighted by molar-refractivity contribution is -0.121. The fourth-order valence-electron chi connectivity index (χ4n) is 1.98. The topological polar surface area (TPSA) is 75.3 Å². The molecule has 0 aliphatic carbocycles. The van der Waals surface area contributed by atoms with Crippen LogP contribution in [-0.2, 0) is 14.8 Å². The number of hydrogen-bond acceptors (Lipinski definition) is 3. The molecule has 104 valence electrons. The molecule has 1 aliphatic rings. The van der Waals surface area contributed by atoms with E-state index in [4.69, 9.17) is 0 Å². The van der Waals surface area contributed by atoms with Crippen molar-refractivity contribution in [2.45, 2.75) is 30.2 Å². The maximum Gasteiger partial charge on any atom is 0.240 e. The van der Waals surface area contributed by atoms with E-state index >= 15 is 0 Å². The van der Waals surface area contributed by atoms with Gasteiger partial charge in [0, 0.05) is 23.5 Å². The molecule has 1 amide bonds. The summed E-state index contributed by atoms with van der Waals surface area (Å²) in [5.74, 6) is -0.110. The Morgan fingerprint density at radius 2 is 1.95 bits per heavy atom. The number of carbonyl (C=O) groups excluding carboxylic acids is 1. The standard InChI is InChI=1S/C12H15BrN2O3S/c13-9-3-5-11(6-4-9)19(17,18)15-10-2-1-7-14-12(16)8-10/h3-6,10,15H,1-2,7-8H2,(H,14,16). The predicted molar refractivity (Wildman–Crippen MR) is 75.1 cm³/mol. The Kier molecular flexibility index (Phi) is 4.59. The van der Waals surface area contributed by atoms with E-state index in [0.717, 1.165) is 10.9 Å². The third kappa shape index (κ3) is 4.02. The molecule has 7 heteroatoms. The van der Waals surface area contributed by atoms with Crippen molar-refractivity contribution in [2.24, 2.45) is 0 Å². The molecule has 0 bridgehead atoms. The molecule has 1 fully saturated rings. The van der Waals surface area contributed by atoms with Crippen LogP contribution in [-0.4, -0.2) is 26.9 Å². The molecule has 1 aromatic carbocycles. The highest BCUT2D eigenvalue weighted by Crippen LogP contribution is 2.16. The number of benzene rings is 1. The maximum absolute atomic E-state index is 12.2. The highest BCUT2D eigenvalue weighted by molar-refractivity contribution is 9.10. The first-order valence-electron chi connectivity index (χ1n) is 6.02. The van der Waals surface area contributed by atoms with Crippen LogP contribution in [0.3, 0.4) is 0 Å². The van der Waals surface area contributed by atoms with Crippen LogP contribution in [0.1, 0.15) is 19.3 Å². The van der Waals surface area contributed by atoms with E-state index in [1.54, 1.807) is 12.1 Å². The lowest BCUT2D eigenvalue weighted by atomic mass is 10.1. The van der Waals surface area contributed by atoms with Crippen LogP contribution >= 0.6 is 15.9 Å². The zero-order valence-electron chi connectivity index (χ0n) is 10.2. The van der Waals surface area contributed by atoms with E-state index in [1.165, 1.54) is 12.1 Å². The van der Waals surface area contributed by atoms with Crippen LogP contribution in [0.4, 0.5) is 0 Å². The molecule has 1 atom stereocenters. The van der Waals surface area contributed by atoms with Crippen molar-refractivity contribution < 1.29 is 13.2 Å². The summed E-state index contributed by atoms with van der Waals surface area (Å²) in [6.07, 6.45) is 1.63. The van der Waals surface area contributed by atoms with E-state index in [2.05, 4.69) is 26.0 Å². The lowest BCUT2D eigenvalue weighted by Crippen LogP contribution is -2.36. The number of nitrogens with one attached hydrogen (secondary N) is 2. The number of rotatable bonds is 3. The monoisotopic (exact) mass is 346 g/mol. The molecule has 2 N–H and O–H groups in total. The van der Waals surface area contributed by atoms with Crippen molar-refractivity contribution in [2.75, 3.05) is 6.54 Å². The van der Waals surface area contributed by atoms with Gasteiger partial charge in [-0.1, -0.05) is 15.9 Å². The van der Waals surface area contributed by atoms with Crippen molar-refractivity contribution in [1.29, 1.82) is 0 Å². The fraction of sp³-hybridized carbons (Fsp3) is 0.417. The SMILES string of the molecule is O=C1CC(NS(=O)(=O)c2ccc(Br)cc2)CCCN1. The summed E-state index contributed by atoms with van der Waals surface area (Å²) in [6.45, 7) is 0.606. The molecule has 1 aliphatic heterocycles. The van der Waals surface area contributed by atoms with Gasteiger partial charge in [-0.2, -0.15) is 0 Å². The third-order valence-corrected chi connectivity index (χ3v) is 4.99. The molecular formula is C12H15BrN2O3S. The Balaban J connectivity index is 2.12. The number of sulfonamides is 1. The van der Waals surface area contributed by atoms with Crippen molar-refractivity contribution in [1.82, 2.24) is 10.0 Å². The van der Waals surface area contributed by atoms with E-state index in [9.17, 15) is 13.2 Å². The molecule has 1 unspecified atom stereocenters. The Labute approximate surface area is 121 Å². The predicted octanol–water partition coefficient (Wildman–Crippen LogP) is 1.40. The Hall–Kier alpha value is -0.920. The summed E-state index contributed by atoms with van der Waals surface area (Å²) in [5.41, 5.74) is 0. The van der Waals surface area contributed by atoms with Crippen LogP contribution in [0.15, 0.2) is 33.6 Å². The van der Waals surface area contributed by atoms with Gasteiger partial charge in [-0.25, -0.2) is 13.1 Å². The highest BCUT2D eigenvalue weighted by Gasteiger charge is 2.23. The fourth-order valence-corrected chi connectivity index (χ4v) is 3.51. The van der Waals surface area contributed by atoms with Gasteiger partial charge >= 0.3 is 0 Å². The number of carbonyl (C=O) groups is 1. The summed E-state index contributed by atoms with van der Waals surface area (Å²) in [6, 6.07) is 6.07. The Morgan fingerprint density at radius 3 is 2.63 bits per heavy atom. The van der Waals surface area contributed by atoms with Gasteiger partial charge in [0.15, 0.2) is 0 Å². The Morgan fingerprint density at radius 1 is 1.26 bits per heavy atom. The van der Waals surface area contributed by atoms with Gasteiger partial charge in [-0.15, -0.1) is 0 Å². The minimum Gasteiger partial charge on any atom is -0.356 e. The molecule has 0 saturated carbocycles. The van der Waals surface area contributed by atoms with Crippen molar-refractivity contribution in [3.63, 3.8) is 0 Å². The second-order valence-electron chi connectivity index (χ2n) is 4.47. The number of halogens is 1. The van der Waals surface area contributed by atoms with Crippen LogP contribution in [0.25, 0.3) is 0 Å². The third-order valence-electron chi connectivity index (χ3n) is 2.93. The zero-order chi connectivity index (χ0) is 13.9. The van der Waals surface area contributed by atoms with Gasteiger partial charge in [-0.05, 0) is 37.1 Å². The molecule has 5 nitrogen and oxygen atoms in total. The van der Waals surface area contributed by atoms with Gasteiger partial charge < -0.3 is 5.32 Å². The van der Waals surface area contributed by atoms with E-state index in [-0.39, 0.29) is 23.3 Å². The first-order chi connectivity index (χ1) is 8.97. The van der Waals surface area contributed by atoms with Gasteiger partial charge in [0.2, 0.25) is 15.9 Å². The minimum atomic E-state index is -3.57. The van der Waals surface area contributed by atoms with E-state index < -0.39 is 10.0 Å². The van der Waals surface area contributed by atoms with E-state index in [1.807, 2.05) is 0 Å². The van der Waals surface area contributed by atoms with Gasteiger partial charge in [-0.3, -0.25) is 4.79 Å². The second kappa shape index (κ2) is 6.02. The summed E-state index contributed by atoms with van der Waals surface area (Å²) in [5, 5.41) is 2.73. The first-order valence-corrected chi connectivity index (χ1v) is 8.29. The summed E-state index contributed by atoms with van der Waals surface area (Å²) in [4.78, 5) is 11.6. The largest absolute Gasteiger partial charge is 0.356 e. The molecule has 0 spiro atoms. The number of amides is 1. The normalized spacial score (nSPS) is 20.7. The van der Waals surface area contributed by atoms with Crippen molar-refractivity contribution in [3.05, 3.63) is 28.7 Å². The molecular weight excluding hydrogens is 332 g/mol. The van der Waals surface area contributed by atoms with Gasteiger partial charge in [0.1, 0.15) is 0 Å². The van der Waals surface area contributed by atoms with Gasteiger partial charge in [0.05, 0.1) is 4.90 Å². The first kappa shape index (κ1) is 14.5. The highest BCUT2D eigenvalue weighted by atomic mass is 79.9. The molecule has 2 rings (SSSR count). The molecule has 0 radical (unpaired) electrons. The lowest BCUT2D eigenvalue weighted by Gasteiger charge is -2.15. The smallest absolute Gasteiger partial charge is 0.240 e. The quantitative estimate of drug-likeness (QED) is 0.868. The average Bonchev–Trinajstić information content (AvgIpc) is 2.53. The van der Waals surface area contributed by atoms with E-state index in [0.29, 0.717) is 13.0 Å². The maximum atomic E-state index is 12.2. The van der Waals surface area contributed by atoms with Crippen LogP contribution in [0, 0.1) is 0 Å². The van der Waals surface area contributed by atoms with Crippen LogP contribution in [0.5, 0.6) is 0 Å². The summed E-state index contributed by atoms with van der Waals surface area (Å²) >= 11 is 3.26. The second-order valence-corrected chi connectivity index (χ2v) is 7.10. The van der Waals surface area contributed by atoms with Crippen molar-refractivity contribution >= 4 is 31.9 Å². The summed E-state index contributed by atoms with van der Waals surface area (Å²) in [7, 11) is -3.57. The zero-order valence-corrected chi connectivity index (χ0v) is 12.6. The molecule has 1 heterocycles. The Bertz CT molecular complexity index is 557. The molecule has 1 saturated heterocycles. The van der Waals surface area contributed by atoms with Crippen LogP contribution in [0.2, 0.25) is 0 Å². The van der Waals surface area contributed by atoms with Crippen LogP contribution < -0.4 is 10.0 Å². The number of hydrogen-bond donors (Lipinski definition) is 2. The average molecular weight is 347 g/mol.